The van der Waals surface area contributed by atoms with E-state index in [4.69, 9.17) is 0 Å². The first kappa shape index (κ1) is 9.57. The zero-order valence-electron chi connectivity index (χ0n) is 8.47. The van der Waals surface area contributed by atoms with Crippen molar-refractivity contribution in [2.24, 2.45) is 4.99 Å². The van der Waals surface area contributed by atoms with Crippen LogP contribution in [0.5, 0.6) is 0 Å². The van der Waals surface area contributed by atoms with Gasteiger partial charge in [-0.05, 0) is 0 Å². The molecule has 1 amide bonds. The lowest BCUT2D eigenvalue weighted by Gasteiger charge is -2.18. The molecule has 0 radical (unpaired) electrons. The first-order valence-corrected chi connectivity index (χ1v) is 4.48. The van der Waals surface area contributed by atoms with Crippen molar-refractivity contribution in [2.75, 3.05) is 0 Å². The van der Waals surface area contributed by atoms with E-state index >= 15 is 0 Å². The van der Waals surface area contributed by atoms with E-state index < -0.39 is 0 Å². The summed E-state index contributed by atoms with van der Waals surface area (Å²) in [6.45, 7) is 3.27. The lowest BCUT2D eigenvalue weighted by Crippen LogP contribution is -2.28. The third-order valence-electron chi connectivity index (χ3n) is 2.20. The van der Waals surface area contributed by atoms with Crippen LogP contribution in [-0.4, -0.2) is 32.6 Å². The van der Waals surface area contributed by atoms with E-state index in [1.54, 1.807) is 0 Å². The summed E-state index contributed by atoms with van der Waals surface area (Å²) in [6, 6.07) is 0. The Morgan fingerprint density at radius 3 is 2.67 bits per heavy atom. The van der Waals surface area contributed by atoms with Gasteiger partial charge in [0.25, 0.3) is 0 Å². The van der Waals surface area contributed by atoms with Gasteiger partial charge in [-0.3, -0.25) is 19.1 Å². The van der Waals surface area contributed by atoms with E-state index in [9.17, 15) is 9.59 Å². The monoisotopic (exact) mass is 206 g/mol. The Morgan fingerprint density at radius 1 is 1.33 bits per heavy atom. The predicted molar refractivity (Wildman–Crippen MR) is 52.9 cm³/mol. The molecule has 0 bridgehead atoms. The van der Waals surface area contributed by atoms with Crippen LogP contribution in [0.1, 0.15) is 24.3 Å². The Balaban J connectivity index is 2.38. The van der Waals surface area contributed by atoms with Crippen molar-refractivity contribution in [2.45, 2.75) is 20.4 Å². The molecule has 6 nitrogen and oxygen atoms in total. The minimum absolute atomic E-state index is 0.0956. The second-order valence-corrected chi connectivity index (χ2v) is 3.30. The van der Waals surface area contributed by atoms with E-state index in [1.165, 1.54) is 36.0 Å². The van der Waals surface area contributed by atoms with Crippen molar-refractivity contribution in [1.29, 1.82) is 0 Å². The van der Waals surface area contributed by atoms with E-state index in [2.05, 4.69) is 9.98 Å². The van der Waals surface area contributed by atoms with Crippen LogP contribution >= 0.6 is 0 Å². The highest BCUT2D eigenvalue weighted by atomic mass is 16.2. The lowest BCUT2D eigenvalue weighted by molar-refractivity contribution is -0.125. The molecule has 78 valence electrons. The molecule has 1 aromatic heterocycles. The van der Waals surface area contributed by atoms with Crippen LogP contribution in [-0.2, 0) is 11.3 Å². The van der Waals surface area contributed by atoms with Crippen molar-refractivity contribution in [3.05, 3.63) is 12.0 Å². The fourth-order valence-corrected chi connectivity index (χ4v) is 1.38. The van der Waals surface area contributed by atoms with Gasteiger partial charge in [-0.25, -0.2) is 9.98 Å². The number of hydrogen-bond acceptors (Lipinski definition) is 4. The average molecular weight is 206 g/mol. The summed E-state index contributed by atoms with van der Waals surface area (Å²) < 4.78 is 1.36. The number of aliphatic imine (C=N–C) groups is 1. The zero-order valence-corrected chi connectivity index (χ0v) is 8.47. The molecule has 0 saturated heterocycles. The SMILES string of the molecule is CC(=O)N1C=Nc2c(ncn2C(C)=O)C1. The minimum Gasteiger partial charge on any atom is -0.297 e. The number of nitrogens with zero attached hydrogens (tertiary/aromatic N) is 4. The van der Waals surface area contributed by atoms with Crippen LogP contribution in [0.2, 0.25) is 0 Å². The van der Waals surface area contributed by atoms with Crippen molar-refractivity contribution >= 4 is 24.0 Å². The van der Waals surface area contributed by atoms with Gasteiger partial charge in [-0.15, -0.1) is 0 Å². The molecule has 0 unspecified atom stereocenters. The molecule has 0 fully saturated rings. The smallest absolute Gasteiger partial charge is 0.230 e. The fourth-order valence-electron chi connectivity index (χ4n) is 1.38. The van der Waals surface area contributed by atoms with Crippen LogP contribution in [0.25, 0.3) is 0 Å². The van der Waals surface area contributed by atoms with Gasteiger partial charge in [-0.2, -0.15) is 0 Å². The second-order valence-electron chi connectivity index (χ2n) is 3.30. The molecule has 0 spiro atoms. The molecule has 0 N–H and O–H groups in total. The molecule has 1 aliphatic heterocycles. The summed E-state index contributed by atoms with van der Waals surface area (Å²) in [6.07, 6.45) is 2.85. The number of imidazole rings is 1. The molecule has 0 aromatic carbocycles. The van der Waals surface area contributed by atoms with Crippen LogP contribution in [0.15, 0.2) is 11.3 Å². The molecule has 1 aromatic rings. The summed E-state index contributed by atoms with van der Waals surface area (Å²) in [5.41, 5.74) is 0.642. The van der Waals surface area contributed by atoms with Crippen LogP contribution in [0, 0.1) is 0 Å². The maximum Gasteiger partial charge on any atom is 0.230 e. The number of carbonyl (C=O) groups excluding carboxylic acids is 2. The summed E-state index contributed by atoms with van der Waals surface area (Å²) in [4.78, 5) is 31.8. The first-order chi connectivity index (χ1) is 7.09. The summed E-state index contributed by atoms with van der Waals surface area (Å²) in [7, 11) is 0. The van der Waals surface area contributed by atoms with Gasteiger partial charge >= 0.3 is 0 Å². The van der Waals surface area contributed by atoms with E-state index in [-0.39, 0.29) is 11.8 Å². The highest BCUT2D eigenvalue weighted by Gasteiger charge is 2.20. The normalized spacial score (nSPS) is 13.9. The molecular weight excluding hydrogens is 196 g/mol. The summed E-state index contributed by atoms with van der Waals surface area (Å²) in [5, 5.41) is 0. The highest BCUT2D eigenvalue weighted by Crippen LogP contribution is 2.22. The molecule has 2 rings (SSSR count). The van der Waals surface area contributed by atoms with Crippen LogP contribution < -0.4 is 0 Å². The number of amides is 1. The standard InChI is InChI=1S/C9H10N4O2/c1-6(14)12-3-8-9(11-4-12)13(5-10-8)7(2)15/h4-5H,3H2,1-2H3. The number of carbonyl (C=O) groups is 2. The Hall–Kier alpha value is -1.98. The lowest BCUT2D eigenvalue weighted by atomic mass is 10.3. The number of hydrogen-bond donors (Lipinski definition) is 0. The van der Waals surface area contributed by atoms with Crippen molar-refractivity contribution in [3.63, 3.8) is 0 Å². The molecular formula is C9H10N4O2. The van der Waals surface area contributed by atoms with Gasteiger partial charge in [0, 0.05) is 13.8 Å². The van der Waals surface area contributed by atoms with Crippen molar-refractivity contribution in [3.8, 4) is 0 Å². The average Bonchev–Trinajstić information content (AvgIpc) is 2.59. The fraction of sp³-hybridized carbons (Fsp3) is 0.333. The predicted octanol–water partition coefficient (Wildman–Crippen LogP) is 0.565. The minimum atomic E-state index is -0.142. The van der Waals surface area contributed by atoms with Gasteiger partial charge in [0.1, 0.15) is 18.4 Å². The largest absolute Gasteiger partial charge is 0.297 e. The molecule has 6 heteroatoms. The van der Waals surface area contributed by atoms with Gasteiger partial charge in [0.2, 0.25) is 11.8 Å². The molecule has 1 aliphatic rings. The first-order valence-electron chi connectivity index (χ1n) is 4.48. The van der Waals surface area contributed by atoms with Crippen LogP contribution in [0.3, 0.4) is 0 Å². The Bertz CT molecular complexity index is 461. The maximum atomic E-state index is 11.2. The third-order valence-corrected chi connectivity index (χ3v) is 2.20. The third kappa shape index (κ3) is 1.54. The van der Waals surface area contributed by atoms with Crippen LogP contribution in [0.4, 0.5) is 5.82 Å². The molecule has 2 heterocycles. The quantitative estimate of drug-likeness (QED) is 0.623. The molecule has 0 aliphatic carbocycles. The van der Waals surface area contributed by atoms with Gasteiger partial charge in [0.05, 0.1) is 6.54 Å². The van der Waals surface area contributed by atoms with Gasteiger partial charge in [-0.1, -0.05) is 0 Å². The van der Waals surface area contributed by atoms with Crippen molar-refractivity contribution < 1.29 is 9.59 Å². The molecule has 0 atom stereocenters. The Kier molecular flexibility index (Phi) is 2.11. The highest BCUT2D eigenvalue weighted by molar-refractivity contribution is 5.89. The number of fused-ring (bicyclic) bond motifs is 1. The topological polar surface area (TPSA) is 67.6 Å². The summed E-state index contributed by atoms with van der Waals surface area (Å²) in [5.74, 6) is 0.277. The maximum absolute atomic E-state index is 11.2. The van der Waals surface area contributed by atoms with Crippen molar-refractivity contribution in [1.82, 2.24) is 14.5 Å². The molecule has 15 heavy (non-hydrogen) atoms. The van der Waals surface area contributed by atoms with Gasteiger partial charge < -0.3 is 0 Å². The van der Waals surface area contributed by atoms with E-state index in [0.717, 1.165) is 0 Å². The second kappa shape index (κ2) is 3.30. The van der Waals surface area contributed by atoms with E-state index in [1.807, 2.05) is 0 Å². The zero-order chi connectivity index (χ0) is 11.0. The molecule has 0 saturated carbocycles. The Morgan fingerprint density at radius 2 is 2.07 bits per heavy atom. The van der Waals surface area contributed by atoms with E-state index in [0.29, 0.717) is 18.1 Å². The summed E-state index contributed by atoms with van der Waals surface area (Å²) >= 11 is 0. The number of rotatable bonds is 0. The van der Waals surface area contributed by atoms with Gasteiger partial charge in [0.15, 0.2) is 5.82 Å². The Labute approximate surface area is 86.2 Å². The number of aromatic nitrogens is 2.